The Morgan fingerprint density at radius 2 is 2.38 bits per heavy atom. The Labute approximate surface area is 95.5 Å². The van der Waals surface area contributed by atoms with Crippen molar-refractivity contribution in [1.29, 1.82) is 0 Å². The number of rotatable bonds is 3. The van der Waals surface area contributed by atoms with Gasteiger partial charge in [-0.25, -0.2) is 0 Å². The zero-order valence-corrected chi connectivity index (χ0v) is 9.81. The van der Waals surface area contributed by atoms with Gasteiger partial charge in [-0.2, -0.15) is 5.10 Å². The van der Waals surface area contributed by atoms with Crippen molar-refractivity contribution in [3.05, 3.63) is 23.5 Å². The van der Waals surface area contributed by atoms with Crippen LogP contribution >= 0.6 is 0 Å². The van der Waals surface area contributed by atoms with E-state index in [0.29, 0.717) is 12.6 Å². The van der Waals surface area contributed by atoms with Gasteiger partial charge in [0.2, 0.25) is 0 Å². The van der Waals surface area contributed by atoms with Crippen molar-refractivity contribution < 1.29 is 9.84 Å². The van der Waals surface area contributed by atoms with Crippen LogP contribution in [-0.4, -0.2) is 34.7 Å². The van der Waals surface area contributed by atoms with Gasteiger partial charge in [0.1, 0.15) is 0 Å². The number of hydrogen-bond acceptors (Lipinski definition) is 3. The number of aliphatic hydroxyl groups is 1. The monoisotopic (exact) mass is 222 g/mol. The van der Waals surface area contributed by atoms with Crippen LogP contribution in [0.1, 0.15) is 32.0 Å². The van der Waals surface area contributed by atoms with Gasteiger partial charge in [0, 0.05) is 12.2 Å². The van der Waals surface area contributed by atoms with Crippen LogP contribution in [0.4, 0.5) is 0 Å². The molecule has 0 fully saturated rings. The molecule has 0 saturated carbocycles. The smallest absolute Gasteiger partial charge is 0.0705 e. The number of ether oxygens (including phenoxy) is 1. The Hall–Kier alpha value is -1.13. The van der Waals surface area contributed by atoms with E-state index in [1.807, 2.05) is 16.9 Å². The highest BCUT2D eigenvalue weighted by Crippen LogP contribution is 2.27. The maximum Gasteiger partial charge on any atom is 0.0705 e. The molecule has 0 unspecified atom stereocenters. The van der Waals surface area contributed by atoms with Crippen LogP contribution < -0.4 is 0 Å². The average Bonchev–Trinajstić information content (AvgIpc) is 2.77. The summed E-state index contributed by atoms with van der Waals surface area (Å²) in [6.45, 7) is 5.54. The van der Waals surface area contributed by atoms with Gasteiger partial charge in [-0.05, 0) is 37.5 Å². The topological polar surface area (TPSA) is 47.3 Å². The first-order chi connectivity index (χ1) is 7.74. The summed E-state index contributed by atoms with van der Waals surface area (Å²) < 4.78 is 7.35. The van der Waals surface area contributed by atoms with Crippen molar-refractivity contribution in [2.24, 2.45) is 0 Å². The second-order valence-corrected chi connectivity index (χ2v) is 4.30. The van der Waals surface area contributed by atoms with E-state index in [0.717, 1.165) is 24.3 Å². The zero-order chi connectivity index (χ0) is 11.5. The van der Waals surface area contributed by atoms with Crippen LogP contribution in [0.15, 0.2) is 17.8 Å². The van der Waals surface area contributed by atoms with Crippen LogP contribution in [-0.2, 0) is 4.74 Å². The third-order valence-electron chi connectivity index (χ3n) is 2.86. The molecule has 1 N–H and O–H groups in total. The Balaban J connectivity index is 2.41. The third kappa shape index (κ3) is 2.03. The molecule has 16 heavy (non-hydrogen) atoms. The van der Waals surface area contributed by atoms with Gasteiger partial charge in [-0.15, -0.1) is 0 Å². The van der Waals surface area contributed by atoms with Gasteiger partial charge >= 0.3 is 0 Å². The van der Waals surface area contributed by atoms with Gasteiger partial charge in [-0.3, -0.25) is 4.68 Å². The largest absolute Gasteiger partial charge is 0.392 e. The minimum absolute atomic E-state index is 0.0681. The quantitative estimate of drug-likeness (QED) is 0.845. The SMILES string of the molecule is CC(C)n1nccc1C1=C(CO)COCC1. The van der Waals surface area contributed by atoms with E-state index in [9.17, 15) is 5.11 Å². The van der Waals surface area contributed by atoms with Gasteiger partial charge in [-0.1, -0.05) is 0 Å². The predicted octanol–water partition coefficient (Wildman–Crippen LogP) is 1.63. The fraction of sp³-hybridized carbons (Fsp3) is 0.583. The van der Waals surface area contributed by atoms with Crippen molar-refractivity contribution >= 4 is 5.57 Å². The number of aliphatic hydroxyl groups excluding tert-OH is 1. The minimum atomic E-state index is 0.0681. The van der Waals surface area contributed by atoms with Crippen LogP contribution in [0.2, 0.25) is 0 Å². The molecule has 0 aromatic carbocycles. The molecule has 0 spiro atoms. The molecule has 0 aliphatic carbocycles. The summed E-state index contributed by atoms with van der Waals surface area (Å²) in [4.78, 5) is 0. The van der Waals surface area contributed by atoms with Crippen molar-refractivity contribution in [2.75, 3.05) is 19.8 Å². The van der Waals surface area contributed by atoms with Crippen molar-refractivity contribution in [3.63, 3.8) is 0 Å². The summed E-state index contributed by atoms with van der Waals surface area (Å²) in [6.07, 6.45) is 2.67. The molecule has 2 heterocycles. The van der Waals surface area contributed by atoms with Crippen molar-refractivity contribution in [3.8, 4) is 0 Å². The molecule has 88 valence electrons. The summed E-state index contributed by atoms with van der Waals surface area (Å²) in [5.74, 6) is 0. The van der Waals surface area contributed by atoms with E-state index in [4.69, 9.17) is 4.74 Å². The lowest BCUT2D eigenvalue weighted by molar-refractivity contribution is 0.142. The Bertz CT molecular complexity index is 393. The van der Waals surface area contributed by atoms with Gasteiger partial charge < -0.3 is 9.84 Å². The van der Waals surface area contributed by atoms with E-state index in [-0.39, 0.29) is 6.61 Å². The summed E-state index contributed by atoms with van der Waals surface area (Å²) in [7, 11) is 0. The molecule has 1 aromatic heterocycles. The second kappa shape index (κ2) is 4.80. The lowest BCUT2D eigenvalue weighted by Gasteiger charge is -2.21. The first kappa shape index (κ1) is 11.4. The molecular weight excluding hydrogens is 204 g/mol. The highest BCUT2D eigenvalue weighted by molar-refractivity contribution is 5.67. The molecule has 1 aliphatic heterocycles. The molecular formula is C12H18N2O2. The molecule has 0 radical (unpaired) electrons. The fourth-order valence-corrected chi connectivity index (χ4v) is 2.05. The fourth-order valence-electron chi connectivity index (χ4n) is 2.05. The highest BCUT2D eigenvalue weighted by Gasteiger charge is 2.18. The maximum absolute atomic E-state index is 9.32. The number of aromatic nitrogens is 2. The second-order valence-electron chi connectivity index (χ2n) is 4.30. The lowest BCUT2D eigenvalue weighted by Crippen LogP contribution is -2.16. The molecule has 0 saturated heterocycles. The maximum atomic E-state index is 9.32. The highest BCUT2D eigenvalue weighted by atomic mass is 16.5. The summed E-state index contributed by atoms with van der Waals surface area (Å²) in [5, 5.41) is 13.6. The van der Waals surface area contributed by atoms with Crippen LogP contribution in [0.5, 0.6) is 0 Å². The summed E-state index contributed by atoms with van der Waals surface area (Å²) >= 11 is 0. The normalized spacial score (nSPS) is 17.2. The number of hydrogen-bond donors (Lipinski definition) is 1. The summed E-state index contributed by atoms with van der Waals surface area (Å²) in [5.41, 5.74) is 3.29. The third-order valence-corrected chi connectivity index (χ3v) is 2.86. The van der Waals surface area contributed by atoms with Gasteiger partial charge in [0.15, 0.2) is 0 Å². The predicted molar refractivity (Wildman–Crippen MR) is 62.1 cm³/mol. The molecule has 0 atom stereocenters. The van der Waals surface area contributed by atoms with E-state index < -0.39 is 0 Å². The molecule has 4 heteroatoms. The summed E-state index contributed by atoms with van der Waals surface area (Å²) in [6, 6.07) is 2.34. The lowest BCUT2D eigenvalue weighted by atomic mass is 10.0. The van der Waals surface area contributed by atoms with Crippen molar-refractivity contribution in [1.82, 2.24) is 9.78 Å². The molecule has 4 nitrogen and oxygen atoms in total. The van der Waals surface area contributed by atoms with Crippen molar-refractivity contribution in [2.45, 2.75) is 26.3 Å². The molecule has 0 amide bonds. The average molecular weight is 222 g/mol. The molecule has 2 rings (SSSR count). The zero-order valence-electron chi connectivity index (χ0n) is 9.81. The molecule has 1 aliphatic rings. The van der Waals surface area contributed by atoms with E-state index in [2.05, 4.69) is 18.9 Å². The van der Waals surface area contributed by atoms with E-state index in [1.54, 1.807) is 0 Å². The molecule has 1 aromatic rings. The standard InChI is InChI=1S/C12H18N2O2/c1-9(2)14-12(3-5-13-14)11-4-6-16-8-10(11)7-15/h3,5,9,15H,4,6-8H2,1-2H3. The Morgan fingerprint density at radius 1 is 1.56 bits per heavy atom. The Kier molecular flexibility index (Phi) is 3.41. The van der Waals surface area contributed by atoms with E-state index >= 15 is 0 Å². The number of nitrogens with zero attached hydrogens (tertiary/aromatic N) is 2. The first-order valence-electron chi connectivity index (χ1n) is 5.67. The van der Waals surface area contributed by atoms with Crippen LogP contribution in [0.3, 0.4) is 0 Å². The van der Waals surface area contributed by atoms with Gasteiger partial charge in [0.25, 0.3) is 0 Å². The van der Waals surface area contributed by atoms with Crippen LogP contribution in [0, 0.1) is 0 Å². The molecule has 0 bridgehead atoms. The minimum Gasteiger partial charge on any atom is -0.392 e. The Morgan fingerprint density at radius 3 is 3.06 bits per heavy atom. The van der Waals surface area contributed by atoms with Gasteiger partial charge in [0.05, 0.1) is 25.5 Å². The van der Waals surface area contributed by atoms with Crippen LogP contribution in [0.25, 0.3) is 5.57 Å². The first-order valence-corrected chi connectivity index (χ1v) is 5.67. The van der Waals surface area contributed by atoms with E-state index in [1.165, 1.54) is 5.57 Å².